The average Bonchev–Trinajstić information content (AvgIpc) is 2.74. The summed E-state index contributed by atoms with van der Waals surface area (Å²) in [4.78, 5) is 58.9. The molecule has 2 aliphatic heterocycles. The van der Waals surface area contributed by atoms with Crippen LogP contribution in [0, 0.1) is 11.8 Å². The Morgan fingerprint density at radius 1 is 1.22 bits per heavy atom. The zero-order valence-electron chi connectivity index (χ0n) is 18.3. The van der Waals surface area contributed by atoms with Gasteiger partial charge in [0, 0.05) is 17.7 Å². The first-order chi connectivity index (χ1) is 15.1. The second-order valence-corrected chi connectivity index (χ2v) is 8.88. The van der Waals surface area contributed by atoms with Gasteiger partial charge in [-0.15, -0.1) is 0 Å². The lowest BCUT2D eigenvalue weighted by molar-refractivity contribution is -0.407. The number of hydrogen-bond acceptors (Lipinski definition) is 7. The Morgan fingerprint density at radius 3 is 2.47 bits per heavy atom. The maximum atomic E-state index is 12.8. The molecule has 0 aromatic heterocycles. The summed E-state index contributed by atoms with van der Waals surface area (Å²) < 4.78 is 1.35. The predicted octanol–water partition coefficient (Wildman–Crippen LogP) is 1.56. The van der Waals surface area contributed by atoms with Gasteiger partial charge in [0.1, 0.15) is 5.04 Å². The first kappa shape index (κ1) is 23.3. The summed E-state index contributed by atoms with van der Waals surface area (Å²) >= 11 is 1.14. The molecule has 168 valence electrons. The fourth-order valence-electron chi connectivity index (χ4n) is 3.25. The summed E-state index contributed by atoms with van der Waals surface area (Å²) in [5.74, 6) is -0.984. The van der Waals surface area contributed by atoms with E-state index in [4.69, 9.17) is 5.73 Å². The SMILES string of the molecule is CC(C)CC1=NC2=[N+](C)C(=O)N(C)C(=O)C2C(SCC(=O)Nc2ccc(C(N)=O)cc2)=N1. The molecule has 1 aromatic rings. The van der Waals surface area contributed by atoms with Gasteiger partial charge in [-0.25, -0.2) is 9.79 Å². The minimum atomic E-state index is -0.828. The maximum Gasteiger partial charge on any atom is 0.445 e. The summed E-state index contributed by atoms with van der Waals surface area (Å²) in [6.45, 7) is 4.04. The lowest BCUT2D eigenvalue weighted by atomic mass is 10.0. The fraction of sp³-hybridized carbons (Fsp3) is 0.381. The molecular formula is C21H25N6O4S+. The first-order valence-electron chi connectivity index (χ1n) is 9.99. The average molecular weight is 458 g/mol. The standard InChI is InChI=1S/C21H24N6O4S/c1-11(2)9-14-24-18-16(20(30)27(4)21(31)26(18)3)19(25-14)32-10-15(28)23-13-7-5-12(6-8-13)17(22)29/h5-8,11,16H,9-10H2,1-4H3,(H2-,22,23,28,29)/p+1. The first-order valence-corrected chi connectivity index (χ1v) is 11.0. The Bertz CT molecular complexity index is 1070. The van der Waals surface area contributed by atoms with Crippen molar-refractivity contribution in [2.24, 2.45) is 27.6 Å². The second-order valence-electron chi connectivity index (χ2n) is 7.88. The van der Waals surface area contributed by atoms with Crippen LogP contribution in [0.25, 0.3) is 0 Å². The van der Waals surface area contributed by atoms with Gasteiger partial charge >= 0.3 is 11.9 Å². The number of nitrogens with one attached hydrogen (secondary N) is 1. The third-order valence-electron chi connectivity index (χ3n) is 4.88. The summed E-state index contributed by atoms with van der Waals surface area (Å²) in [5, 5.41) is 3.17. The zero-order valence-corrected chi connectivity index (χ0v) is 19.1. The molecule has 32 heavy (non-hydrogen) atoms. The number of carbonyl (C=O) groups is 4. The molecule has 0 aliphatic carbocycles. The third-order valence-corrected chi connectivity index (χ3v) is 5.91. The molecule has 11 heteroatoms. The quantitative estimate of drug-likeness (QED) is 0.625. The van der Waals surface area contributed by atoms with Gasteiger partial charge in [-0.2, -0.15) is 9.48 Å². The highest BCUT2D eigenvalue weighted by atomic mass is 32.2. The minimum absolute atomic E-state index is 0.00377. The Balaban J connectivity index is 1.78. The third kappa shape index (κ3) is 4.93. The minimum Gasteiger partial charge on any atom is -0.366 e. The number of carbonyl (C=O) groups excluding carboxylic acids is 4. The monoisotopic (exact) mass is 457 g/mol. The van der Waals surface area contributed by atoms with E-state index in [-0.39, 0.29) is 17.6 Å². The van der Waals surface area contributed by atoms with Crippen LogP contribution in [0.1, 0.15) is 30.6 Å². The highest BCUT2D eigenvalue weighted by Gasteiger charge is 2.49. The molecule has 2 heterocycles. The van der Waals surface area contributed by atoms with Crippen molar-refractivity contribution in [2.75, 3.05) is 25.2 Å². The number of fused-ring (bicyclic) bond motifs is 1. The number of nitrogens with zero attached hydrogens (tertiary/aromatic N) is 4. The number of anilines is 1. The number of urea groups is 1. The van der Waals surface area contributed by atoms with Gasteiger partial charge in [-0.05, 0) is 30.2 Å². The van der Waals surface area contributed by atoms with Gasteiger partial charge < -0.3 is 11.1 Å². The molecule has 10 nitrogen and oxygen atoms in total. The molecule has 0 saturated heterocycles. The van der Waals surface area contributed by atoms with Gasteiger partial charge in [0.15, 0.2) is 5.92 Å². The van der Waals surface area contributed by atoms with Crippen molar-refractivity contribution < 1.29 is 23.8 Å². The second kappa shape index (κ2) is 9.43. The lowest BCUT2D eigenvalue weighted by Gasteiger charge is -2.26. The Hall–Kier alpha value is -3.34. The molecule has 1 atom stereocenters. The van der Waals surface area contributed by atoms with E-state index in [0.29, 0.717) is 34.4 Å². The number of nitrogens with two attached hydrogens (primary N) is 1. The topological polar surface area (TPSA) is 137 Å². The zero-order chi connectivity index (χ0) is 23.6. The number of primary amides is 1. The van der Waals surface area contributed by atoms with E-state index in [1.807, 2.05) is 13.8 Å². The molecule has 2 aliphatic rings. The van der Waals surface area contributed by atoms with E-state index in [9.17, 15) is 19.2 Å². The van der Waals surface area contributed by atoms with Gasteiger partial charge in [-0.1, -0.05) is 30.6 Å². The van der Waals surface area contributed by atoms with Crippen LogP contribution in [0.5, 0.6) is 0 Å². The van der Waals surface area contributed by atoms with Crippen molar-refractivity contribution in [3.63, 3.8) is 0 Å². The summed E-state index contributed by atoms with van der Waals surface area (Å²) in [6, 6.07) is 5.75. The van der Waals surface area contributed by atoms with Crippen LogP contribution in [0.15, 0.2) is 34.3 Å². The Labute approximate surface area is 189 Å². The number of benzene rings is 1. The maximum absolute atomic E-state index is 12.8. The number of imide groups is 1. The smallest absolute Gasteiger partial charge is 0.366 e. The molecule has 0 saturated carbocycles. The normalized spacial score (nSPS) is 18.4. The van der Waals surface area contributed by atoms with E-state index >= 15 is 0 Å². The van der Waals surface area contributed by atoms with Crippen molar-refractivity contribution in [1.82, 2.24) is 4.90 Å². The number of aliphatic imine (C=N–C) groups is 2. The molecule has 0 bridgehead atoms. The molecule has 0 fully saturated rings. The van der Waals surface area contributed by atoms with Crippen molar-refractivity contribution in [2.45, 2.75) is 20.3 Å². The van der Waals surface area contributed by atoms with E-state index in [0.717, 1.165) is 16.7 Å². The molecular weight excluding hydrogens is 432 g/mol. The highest BCUT2D eigenvalue weighted by molar-refractivity contribution is 8.14. The van der Waals surface area contributed by atoms with Crippen LogP contribution < -0.4 is 11.1 Å². The van der Waals surface area contributed by atoms with Gasteiger partial charge in [0.05, 0.1) is 19.8 Å². The molecule has 0 spiro atoms. The molecule has 5 amide bonds. The van der Waals surface area contributed by atoms with Crippen molar-refractivity contribution in [3.05, 3.63) is 29.8 Å². The van der Waals surface area contributed by atoms with Gasteiger partial charge in [-0.3, -0.25) is 14.4 Å². The number of amidine groups is 2. The Morgan fingerprint density at radius 2 is 1.88 bits per heavy atom. The Kier molecular flexibility index (Phi) is 6.87. The highest BCUT2D eigenvalue weighted by Crippen LogP contribution is 2.26. The molecule has 1 unspecified atom stereocenters. The van der Waals surface area contributed by atoms with Crippen molar-refractivity contribution >= 4 is 57.9 Å². The number of rotatable bonds is 6. The number of amides is 5. The lowest BCUT2D eigenvalue weighted by Crippen LogP contribution is -2.54. The number of hydrogen-bond donors (Lipinski definition) is 2. The van der Waals surface area contributed by atoms with Gasteiger partial charge in [0.25, 0.3) is 5.84 Å². The predicted molar refractivity (Wildman–Crippen MR) is 123 cm³/mol. The fourth-order valence-corrected chi connectivity index (χ4v) is 4.14. The van der Waals surface area contributed by atoms with E-state index in [2.05, 4.69) is 15.3 Å². The van der Waals surface area contributed by atoms with Crippen molar-refractivity contribution in [1.29, 1.82) is 0 Å². The largest absolute Gasteiger partial charge is 0.445 e. The van der Waals surface area contributed by atoms with Crippen LogP contribution >= 0.6 is 11.8 Å². The summed E-state index contributed by atoms with van der Waals surface area (Å²) in [5.41, 5.74) is 6.07. The van der Waals surface area contributed by atoms with E-state index < -0.39 is 23.8 Å². The van der Waals surface area contributed by atoms with Crippen LogP contribution in [0.4, 0.5) is 10.5 Å². The molecule has 3 rings (SSSR count). The summed E-state index contributed by atoms with van der Waals surface area (Å²) in [6.07, 6.45) is 0.574. The van der Waals surface area contributed by atoms with E-state index in [1.165, 1.54) is 23.8 Å². The van der Waals surface area contributed by atoms with Gasteiger partial charge in [0.2, 0.25) is 17.6 Å². The van der Waals surface area contributed by atoms with Crippen LogP contribution in [0.2, 0.25) is 0 Å². The van der Waals surface area contributed by atoms with E-state index in [1.54, 1.807) is 19.2 Å². The number of thioether (sulfide) groups is 1. The van der Waals surface area contributed by atoms with Crippen LogP contribution in [-0.4, -0.2) is 69.8 Å². The summed E-state index contributed by atoms with van der Waals surface area (Å²) in [7, 11) is 2.98. The van der Waals surface area contributed by atoms with Crippen LogP contribution in [0.3, 0.4) is 0 Å². The van der Waals surface area contributed by atoms with Crippen molar-refractivity contribution in [3.8, 4) is 0 Å². The molecule has 0 radical (unpaired) electrons. The molecule has 1 aromatic carbocycles. The van der Waals surface area contributed by atoms with Crippen LogP contribution in [-0.2, 0) is 9.59 Å². The molecule has 3 N–H and O–H groups in total.